The summed E-state index contributed by atoms with van der Waals surface area (Å²) < 4.78 is 12.0. The molecule has 0 fully saturated rings. The number of anilines is 2. The molecular weight excluding hydrogens is 482 g/mol. The molecule has 2 heterocycles. The van der Waals surface area contributed by atoms with Gasteiger partial charge in [-0.15, -0.1) is 0 Å². The summed E-state index contributed by atoms with van der Waals surface area (Å²) in [4.78, 5) is 35.2. The van der Waals surface area contributed by atoms with Gasteiger partial charge in [0.1, 0.15) is 17.6 Å². The van der Waals surface area contributed by atoms with Gasteiger partial charge in [-0.3, -0.25) is 4.79 Å². The minimum atomic E-state index is -0.592. The number of carbonyl (C=O) groups excluding carboxylic acids is 2. The molecule has 4 rings (SSSR count). The van der Waals surface area contributed by atoms with Crippen LogP contribution in [0.2, 0.25) is 0 Å². The van der Waals surface area contributed by atoms with Crippen molar-refractivity contribution in [2.24, 2.45) is 0 Å². The second-order valence-electron chi connectivity index (χ2n) is 10.3. The van der Waals surface area contributed by atoms with Gasteiger partial charge >= 0.3 is 6.09 Å². The van der Waals surface area contributed by atoms with Crippen molar-refractivity contribution in [3.05, 3.63) is 69.9 Å². The molecule has 0 saturated carbocycles. The number of nitrogens with one attached hydrogen (secondary N) is 1. The first-order valence-corrected chi connectivity index (χ1v) is 12.5. The molecule has 9 nitrogen and oxygen atoms in total. The standard InChI is InChI=1S/C29H31N5O4/c1-18-14-21(17-35)15-19(2)25(18)37-26-23-10-12-34(28(36)38-29(3,4)5)13-11-24(23)32-27(33-26)31-22-8-6-20(16-30)7-9-22/h6-9,14-15,17H,10-13H2,1-5H3,(H,31,32,33). The summed E-state index contributed by atoms with van der Waals surface area (Å²) >= 11 is 0. The van der Waals surface area contributed by atoms with Gasteiger partial charge in [0.2, 0.25) is 11.8 Å². The number of aryl methyl sites for hydroxylation is 2. The van der Waals surface area contributed by atoms with Crippen molar-refractivity contribution >= 4 is 24.0 Å². The normalized spacial score (nSPS) is 13.1. The average molecular weight is 514 g/mol. The zero-order valence-corrected chi connectivity index (χ0v) is 22.3. The molecule has 0 bridgehead atoms. The molecular formula is C29H31N5O4. The van der Waals surface area contributed by atoms with Crippen molar-refractivity contribution in [3.63, 3.8) is 0 Å². The molecule has 1 amide bonds. The van der Waals surface area contributed by atoms with Gasteiger partial charge in [-0.2, -0.15) is 10.2 Å². The lowest BCUT2D eigenvalue weighted by Gasteiger charge is -2.26. The van der Waals surface area contributed by atoms with Crippen molar-refractivity contribution in [3.8, 4) is 17.7 Å². The lowest BCUT2D eigenvalue weighted by molar-refractivity contribution is 0.0258. The molecule has 2 aromatic carbocycles. The number of amides is 1. The van der Waals surface area contributed by atoms with E-state index in [4.69, 9.17) is 24.7 Å². The number of nitriles is 1. The number of carbonyl (C=O) groups is 2. The van der Waals surface area contributed by atoms with Gasteiger partial charge < -0.3 is 19.7 Å². The number of hydrogen-bond acceptors (Lipinski definition) is 8. The van der Waals surface area contributed by atoms with E-state index in [9.17, 15) is 9.59 Å². The van der Waals surface area contributed by atoms with Crippen molar-refractivity contribution in [2.45, 2.75) is 53.1 Å². The fraction of sp³-hybridized carbons (Fsp3) is 0.345. The fourth-order valence-electron chi connectivity index (χ4n) is 4.28. The monoisotopic (exact) mass is 513 g/mol. The van der Waals surface area contributed by atoms with Gasteiger partial charge in [0.05, 0.1) is 17.3 Å². The molecule has 0 spiro atoms. The highest BCUT2D eigenvalue weighted by molar-refractivity contribution is 5.76. The minimum Gasteiger partial charge on any atom is -0.444 e. The van der Waals surface area contributed by atoms with E-state index in [0.717, 1.165) is 34.4 Å². The van der Waals surface area contributed by atoms with E-state index in [0.29, 0.717) is 54.6 Å². The third-order valence-electron chi connectivity index (χ3n) is 6.04. The smallest absolute Gasteiger partial charge is 0.410 e. The second kappa shape index (κ2) is 10.9. The topological polar surface area (TPSA) is 117 Å². The van der Waals surface area contributed by atoms with Crippen molar-refractivity contribution in [2.75, 3.05) is 18.4 Å². The Morgan fingerprint density at radius 2 is 1.74 bits per heavy atom. The number of fused-ring (bicyclic) bond motifs is 1. The Balaban J connectivity index is 1.70. The van der Waals surface area contributed by atoms with Crippen LogP contribution in [0.25, 0.3) is 0 Å². The van der Waals surface area contributed by atoms with Crippen LogP contribution < -0.4 is 10.1 Å². The van der Waals surface area contributed by atoms with Crippen LogP contribution >= 0.6 is 0 Å². The summed E-state index contributed by atoms with van der Waals surface area (Å²) in [6.07, 6.45) is 1.43. The number of aldehydes is 1. The second-order valence-corrected chi connectivity index (χ2v) is 10.3. The van der Waals surface area contributed by atoms with Crippen LogP contribution in [0.1, 0.15) is 59.1 Å². The molecule has 1 aromatic heterocycles. The molecule has 9 heteroatoms. The lowest BCUT2D eigenvalue weighted by atomic mass is 10.1. The predicted octanol–water partition coefficient (Wildman–Crippen LogP) is 5.65. The Morgan fingerprint density at radius 3 is 2.34 bits per heavy atom. The summed E-state index contributed by atoms with van der Waals surface area (Å²) in [7, 11) is 0. The Bertz CT molecular complexity index is 1380. The van der Waals surface area contributed by atoms with Crippen LogP contribution in [0, 0.1) is 25.2 Å². The van der Waals surface area contributed by atoms with Crippen molar-refractivity contribution in [1.29, 1.82) is 5.26 Å². The maximum Gasteiger partial charge on any atom is 0.410 e. The Kier molecular flexibility index (Phi) is 7.62. The van der Waals surface area contributed by atoms with Crippen LogP contribution in [0.15, 0.2) is 36.4 Å². The summed E-state index contributed by atoms with van der Waals surface area (Å²) in [5.41, 5.74) is 4.47. The molecule has 1 aliphatic rings. The summed E-state index contributed by atoms with van der Waals surface area (Å²) in [6.45, 7) is 10.2. The first kappa shape index (κ1) is 26.6. The maximum absolute atomic E-state index is 12.8. The number of nitrogens with zero attached hydrogens (tertiary/aromatic N) is 4. The van der Waals surface area contributed by atoms with Crippen molar-refractivity contribution < 1.29 is 19.1 Å². The molecule has 196 valence electrons. The third kappa shape index (κ3) is 6.27. The fourth-order valence-corrected chi connectivity index (χ4v) is 4.28. The first-order chi connectivity index (χ1) is 18.1. The van der Waals surface area contributed by atoms with Crippen LogP contribution in [0.5, 0.6) is 11.6 Å². The van der Waals surface area contributed by atoms with E-state index in [1.54, 1.807) is 41.3 Å². The highest BCUT2D eigenvalue weighted by Crippen LogP contribution is 2.34. The molecule has 0 aliphatic carbocycles. The van der Waals surface area contributed by atoms with Gasteiger partial charge in [0.25, 0.3) is 0 Å². The number of aromatic nitrogens is 2. The van der Waals surface area contributed by atoms with E-state index >= 15 is 0 Å². The van der Waals surface area contributed by atoms with Crippen LogP contribution in [0.3, 0.4) is 0 Å². The molecule has 0 radical (unpaired) electrons. The van der Waals surface area contributed by atoms with Crippen molar-refractivity contribution in [1.82, 2.24) is 14.9 Å². The number of ether oxygens (including phenoxy) is 2. The Morgan fingerprint density at radius 1 is 1.08 bits per heavy atom. The predicted molar refractivity (Wildman–Crippen MR) is 143 cm³/mol. The Labute approximate surface area is 222 Å². The SMILES string of the molecule is Cc1cc(C=O)cc(C)c1Oc1nc(Nc2ccc(C#N)cc2)nc2c1CCN(C(=O)OC(C)(C)C)CC2. The van der Waals surface area contributed by atoms with Crippen LogP contribution in [-0.2, 0) is 17.6 Å². The highest BCUT2D eigenvalue weighted by atomic mass is 16.6. The van der Waals surface area contributed by atoms with Crippen LogP contribution in [-0.4, -0.2) is 45.9 Å². The molecule has 3 aromatic rings. The van der Waals surface area contributed by atoms with E-state index in [1.165, 1.54) is 0 Å². The zero-order valence-electron chi connectivity index (χ0n) is 22.3. The van der Waals surface area contributed by atoms with Gasteiger partial charge in [0, 0.05) is 36.3 Å². The number of rotatable bonds is 5. The third-order valence-corrected chi connectivity index (χ3v) is 6.04. The zero-order chi connectivity index (χ0) is 27.4. The lowest BCUT2D eigenvalue weighted by Crippen LogP contribution is -2.38. The molecule has 0 saturated heterocycles. The highest BCUT2D eigenvalue weighted by Gasteiger charge is 2.27. The van der Waals surface area contributed by atoms with E-state index in [2.05, 4.69) is 11.4 Å². The molecule has 38 heavy (non-hydrogen) atoms. The largest absolute Gasteiger partial charge is 0.444 e. The van der Waals surface area contributed by atoms with E-state index in [1.807, 2.05) is 34.6 Å². The maximum atomic E-state index is 12.8. The van der Waals surface area contributed by atoms with Gasteiger partial charge in [-0.05, 0) is 88.6 Å². The van der Waals surface area contributed by atoms with Crippen LogP contribution in [0.4, 0.5) is 16.4 Å². The number of hydrogen-bond donors (Lipinski definition) is 1. The van der Waals surface area contributed by atoms with E-state index in [-0.39, 0.29) is 6.09 Å². The minimum absolute atomic E-state index is 0.342. The summed E-state index contributed by atoms with van der Waals surface area (Å²) in [6, 6.07) is 12.6. The number of benzene rings is 2. The van der Waals surface area contributed by atoms with E-state index < -0.39 is 5.60 Å². The molecule has 0 atom stereocenters. The average Bonchev–Trinajstić information content (AvgIpc) is 3.08. The first-order valence-electron chi connectivity index (χ1n) is 12.5. The van der Waals surface area contributed by atoms with Gasteiger partial charge in [-0.25, -0.2) is 9.78 Å². The summed E-state index contributed by atoms with van der Waals surface area (Å²) in [5, 5.41) is 12.3. The molecule has 1 N–H and O–H groups in total. The van der Waals surface area contributed by atoms with Gasteiger partial charge in [-0.1, -0.05) is 0 Å². The van der Waals surface area contributed by atoms with Gasteiger partial charge in [0.15, 0.2) is 0 Å². The molecule has 1 aliphatic heterocycles. The quantitative estimate of drug-likeness (QED) is 0.435. The summed E-state index contributed by atoms with van der Waals surface area (Å²) in [5.74, 6) is 1.35. The Hall–Kier alpha value is -4.45. The molecule has 0 unspecified atom stereocenters.